The van der Waals surface area contributed by atoms with Crippen LogP contribution in [0.3, 0.4) is 0 Å². The first-order valence-corrected chi connectivity index (χ1v) is 5.18. The minimum absolute atomic E-state index is 0.336. The van der Waals surface area contributed by atoms with E-state index in [0.717, 1.165) is 32.5 Å². The Morgan fingerprint density at radius 1 is 1.14 bits per heavy atom. The van der Waals surface area contributed by atoms with Crippen LogP contribution in [-0.2, 0) is 11.2 Å². The number of rotatable bonds is 6. The second-order valence-corrected chi connectivity index (χ2v) is 3.32. The van der Waals surface area contributed by atoms with Crippen molar-refractivity contribution in [1.82, 2.24) is 0 Å². The highest BCUT2D eigenvalue weighted by molar-refractivity contribution is 5.25. The van der Waals surface area contributed by atoms with Crippen molar-refractivity contribution >= 4 is 0 Å². The number of phenolic OH excluding ortho intramolecular Hbond substituents is 1. The summed E-state index contributed by atoms with van der Waals surface area (Å²) in [5, 5.41) is 9.08. The van der Waals surface area contributed by atoms with Gasteiger partial charge in [0.25, 0.3) is 0 Å². The van der Waals surface area contributed by atoms with E-state index in [-0.39, 0.29) is 0 Å². The molecule has 0 aliphatic carbocycles. The summed E-state index contributed by atoms with van der Waals surface area (Å²) in [6.07, 6.45) is 3.31. The normalized spacial score (nSPS) is 10.4. The molecule has 2 nitrogen and oxygen atoms in total. The summed E-state index contributed by atoms with van der Waals surface area (Å²) in [5.74, 6) is 0.336. The topological polar surface area (TPSA) is 29.5 Å². The molecule has 1 aromatic rings. The van der Waals surface area contributed by atoms with Crippen molar-refractivity contribution in [3.63, 3.8) is 0 Å². The average Bonchev–Trinajstić information content (AvgIpc) is 2.21. The third-order valence-electron chi connectivity index (χ3n) is 2.14. The molecular weight excluding hydrogens is 176 g/mol. The predicted molar refractivity (Wildman–Crippen MR) is 57.5 cm³/mol. The third kappa shape index (κ3) is 4.28. The average molecular weight is 194 g/mol. The number of ether oxygens (including phenoxy) is 1. The van der Waals surface area contributed by atoms with Gasteiger partial charge in [-0.25, -0.2) is 0 Å². The molecule has 0 saturated heterocycles. The van der Waals surface area contributed by atoms with E-state index in [0.29, 0.717) is 5.75 Å². The van der Waals surface area contributed by atoms with Gasteiger partial charge in [0.2, 0.25) is 0 Å². The van der Waals surface area contributed by atoms with E-state index < -0.39 is 0 Å². The standard InChI is InChI=1S/C12H18O2/c1-2-14-10-4-3-5-11-6-8-12(13)9-7-11/h6-9,13H,2-5,10H2,1H3. The number of unbranched alkanes of at least 4 members (excludes halogenated alkanes) is 1. The van der Waals surface area contributed by atoms with Gasteiger partial charge in [0.15, 0.2) is 0 Å². The summed E-state index contributed by atoms with van der Waals surface area (Å²) in [4.78, 5) is 0. The molecule has 0 fully saturated rings. The van der Waals surface area contributed by atoms with Crippen LogP contribution in [0, 0.1) is 0 Å². The molecule has 1 N–H and O–H groups in total. The first-order valence-electron chi connectivity index (χ1n) is 5.18. The summed E-state index contributed by atoms with van der Waals surface area (Å²) in [6.45, 7) is 3.67. The molecule has 0 amide bonds. The van der Waals surface area contributed by atoms with Gasteiger partial charge < -0.3 is 9.84 Å². The monoisotopic (exact) mass is 194 g/mol. The molecule has 0 bridgehead atoms. The van der Waals surface area contributed by atoms with Crippen LogP contribution in [0.5, 0.6) is 5.75 Å². The Morgan fingerprint density at radius 3 is 2.50 bits per heavy atom. The first-order chi connectivity index (χ1) is 6.83. The lowest BCUT2D eigenvalue weighted by Gasteiger charge is -2.02. The van der Waals surface area contributed by atoms with E-state index in [1.807, 2.05) is 19.1 Å². The van der Waals surface area contributed by atoms with Crippen molar-refractivity contribution in [1.29, 1.82) is 0 Å². The fraction of sp³-hybridized carbons (Fsp3) is 0.500. The summed E-state index contributed by atoms with van der Waals surface area (Å²) in [6, 6.07) is 7.40. The maximum atomic E-state index is 9.08. The molecule has 0 radical (unpaired) electrons. The Bertz CT molecular complexity index is 241. The molecule has 0 heterocycles. The maximum Gasteiger partial charge on any atom is 0.115 e. The molecule has 0 unspecified atom stereocenters. The molecule has 0 spiro atoms. The Labute approximate surface area is 85.5 Å². The minimum atomic E-state index is 0.336. The number of hydrogen-bond donors (Lipinski definition) is 1. The quantitative estimate of drug-likeness (QED) is 0.705. The van der Waals surface area contributed by atoms with Gasteiger partial charge in [-0.2, -0.15) is 0 Å². The van der Waals surface area contributed by atoms with E-state index in [4.69, 9.17) is 9.84 Å². The lowest BCUT2D eigenvalue weighted by Crippen LogP contribution is -1.94. The number of aryl methyl sites for hydroxylation is 1. The van der Waals surface area contributed by atoms with Gasteiger partial charge in [-0.3, -0.25) is 0 Å². The number of benzene rings is 1. The molecule has 0 aliphatic heterocycles. The zero-order chi connectivity index (χ0) is 10.2. The van der Waals surface area contributed by atoms with Crippen LogP contribution in [0.15, 0.2) is 24.3 Å². The van der Waals surface area contributed by atoms with Gasteiger partial charge in [0.1, 0.15) is 5.75 Å². The van der Waals surface area contributed by atoms with Crippen LogP contribution in [0.4, 0.5) is 0 Å². The summed E-state index contributed by atoms with van der Waals surface area (Å²) in [7, 11) is 0. The minimum Gasteiger partial charge on any atom is -0.508 e. The number of hydrogen-bond acceptors (Lipinski definition) is 2. The fourth-order valence-corrected chi connectivity index (χ4v) is 1.34. The Morgan fingerprint density at radius 2 is 1.86 bits per heavy atom. The maximum absolute atomic E-state index is 9.08. The van der Waals surface area contributed by atoms with E-state index in [1.165, 1.54) is 5.56 Å². The SMILES string of the molecule is CCOCCCCc1ccc(O)cc1. The molecule has 14 heavy (non-hydrogen) atoms. The number of phenols is 1. The molecule has 2 heteroatoms. The van der Waals surface area contributed by atoms with Crippen LogP contribution in [0.2, 0.25) is 0 Å². The summed E-state index contributed by atoms with van der Waals surface area (Å²) < 4.78 is 5.25. The van der Waals surface area contributed by atoms with Gasteiger partial charge >= 0.3 is 0 Å². The molecular formula is C12H18O2. The molecule has 0 atom stereocenters. The zero-order valence-electron chi connectivity index (χ0n) is 8.70. The Balaban J connectivity index is 2.15. The summed E-state index contributed by atoms with van der Waals surface area (Å²) in [5.41, 5.74) is 1.28. The lowest BCUT2D eigenvalue weighted by molar-refractivity contribution is 0.143. The van der Waals surface area contributed by atoms with E-state index in [2.05, 4.69) is 0 Å². The van der Waals surface area contributed by atoms with E-state index >= 15 is 0 Å². The predicted octanol–water partition coefficient (Wildman–Crippen LogP) is 2.75. The Hall–Kier alpha value is -1.02. The van der Waals surface area contributed by atoms with Crippen LogP contribution >= 0.6 is 0 Å². The van der Waals surface area contributed by atoms with Gasteiger partial charge in [-0.15, -0.1) is 0 Å². The van der Waals surface area contributed by atoms with Gasteiger partial charge in [-0.1, -0.05) is 12.1 Å². The van der Waals surface area contributed by atoms with E-state index in [9.17, 15) is 0 Å². The van der Waals surface area contributed by atoms with Crippen molar-refractivity contribution in [2.24, 2.45) is 0 Å². The second kappa shape index (κ2) is 6.44. The molecule has 1 rings (SSSR count). The molecule has 1 aromatic carbocycles. The van der Waals surface area contributed by atoms with Crippen LogP contribution in [0.1, 0.15) is 25.3 Å². The van der Waals surface area contributed by atoms with Crippen molar-refractivity contribution in [2.75, 3.05) is 13.2 Å². The first kappa shape index (κ1) is 11.1. The van der Waals surface area contributed by atoms with Crippen molar-refractivity contribution in [2.45, 2.75) is 26.2 Å². The van der Waals surface area contributed by atoms with Crippen LogP contribution in [0.25, 0.3) is 0 Å². The van der Waals surface area contributed by atoms with Gasteiger partial charge in [0, 0.05) is 13.2 Å². The smallest absolute Gasteiger partial charge is 0.115 e. The zero-order valence-corrected chi connectivity index (χ0v) is 8.70. The van der Waals surface area contributed by atoms with Crippen molar-refractivity contribution < 1.29 is 9.84 Å². The molecule has 0 aromatic heterocycles. The van der Waals surface area contributed by atoms with Crippen LogP contribution in [-0.4, -0.2) is 18.3 Å². The fourth-order valence-electron chi connectivity index (χ4n) is 1.34. The van der Waals surface area contributed by atoms with E-state index in [1.54, 1.807) is 12.1 Å². The highest BCUT2D eigenvalue weighted by Crippen LogP contribution is 2.11. The lowest BCUT2D eigenvalue weighted by atomic mass is 10.1. The molecule has 78 valence electrons. The number of aromatic hydroxyl groups is 1. The third-order valence-corrected chi connectivity index (χ3v) is 2.14. The van der Waals surface area contributed by atoms with Crippen molar-refractivity contribution in [3.8, 4) is 5.75 Å². The highest BCUT2D eigenvalue weighted by atomic mass is 16.5. The second-order valence-electron chi connectivity index (χ2n) is 3.32. The van der Waals surface area contributed by atoms with Gasteiger partial charge in [0.05, 0.1) is 0 Å². The van der Waals surface area contributed by atoms with Crippen molar-refractivity contribution in [3.05, 3.63) is 29.8 Å². The molecule has 0 saturated carbocycles. The highest BCUT2D eigenvalue weighted by Gasteiger charge is 1.93. The molecule has 0 aliphatic rings. The largest absolute Gasteiger partial charge is 0.508 e. The van der Waals surface area contributed by atoms with Crippen LogP contribution < -0.4 is 0 Å². The Kier molecular flexibility index (Phi) is 5.08. The summed E-state index contributed by atoms with van der Waals surface area (Å²) >= 11 is 0. The van der Waals surface area contributed by atoms with Gasteiger partial charge in [-0.05, 0) is 43.9 Å².